The molecule has 4 N–H and O–H groups in total. The molecule has 0 radical (unpaired) electrons. The molecule has 6 nitrogen and oxygen atoms in total. The summed E-state index contributed by atoms with van der Waals surface area (Å²) in [5.74, 6) is 0.900. The van der Waals surface area contributed by atoms with E-state index in [4.69, 9.17) is 5.73 Å². The maximum atomic E-state index is 12.9. The Morgan fingerprint density at radius 2 is 1.95 bits per heavy atom. The number of hydrogen-bond donors (Lipinski definition) is 3. The summed E-state index contributed by atoms with van der Waals surface area (Å²) in [6.07, 6.45) is 13.5. The zero-order chi connectivity index (χ0) is 27.5. The number of amidine groups is 1. The molecule has 37 heavy (non-hydrogen) atoms. The molecule has 1 heterocycles. The van der Waals surface area contributed by atoms with Gasteiger partial charge in [-0.2, -0.15) is 5.10 Å². The molecule has 0 spiro atoms. The fourth-order valence-corrected chi connectivity index (χ4v) is 3.65. The Balaban J connectivity index is 0.000000287. The van der Waals surface area contributed by atoms with Crippen LogP contribution in [0, 0.1) is 5.82 Å². The second-order valence-electron chi connectivity index (χ2n) is 8.82. The van der Waals surface area contributed by atoms with Gasteiger partial charge in [0.25, 0.3) is 0 Å². The number of likely N-dealkylation sites (N-methyl/N-ethyl adjacent to an activating group) is 1. The summed E-state index contributed by atoms with van der Waals surface area (Å²) in [5.41, 5.74) is 11.3. The topological polar surface area (TPSA) is 78.0 Å². The summed E-state index contributed by atoms with van der Waals surface area (Å²) in [5, 5.41) is 7.14. The number of nitrogens with zero attached hydrogens (tertiary/aromatic N) is 3. The van der Waals surface area contributed by atoms with Crippen LogP contribution in [0.5, 0.6) is 0 Å². The predicted octanol–water partition coefficient (Wildman–Crippen LogP) is 5.31. The number of nitrogens with one attached hydrogen (secondary N) is 2. The average Bonchev–Trinajstić information content (AvgIpc) is 3.65. The van der Waals surface area contributed by atoms with Crippen LogP contribution in [0.4, 0.5) is 4.39 Å². The third-order valence-electron chi connectivity index (χ3n) is 5.81. The molecule has 2 aliphatic rings. The van der Waals surface area contributed by atoms with Gasteiger partial charge in [0.15, 0.2) is 0 Å². The molecular weight excluding hydrogens is 463 g/mol. The van der Waals surface area contributed by atoms with Crippen LogP contribution in [0.2, 0.25) is 0 Å². The molecule has 1 aliphatic heterocycles. The third-order valence-corrected chi connectivity index (χ3v) is 5.81. The molecule has 1 unspecified atom stereocenters. The van der Waals surface area contributed by atoms with Crippen LogP contribution in [0.25, 0.3) is 0 Å². The van der Waals surface area contributed by atoms with E-state index in [1.807, 2.05) is 31.2 Å². The van der Waals surface area contributed by atoms with Crippen molar-refractivity contribution in [3.8, 4) is 0 Å². The molecule has 1 aliphatic carbocycles. The first-order valence-corrected chi connectivity index (χ1v) is 12.9. The lowest BCUT2D eigenvalue weighted by Gasteiger charge is -2.23. The van der Waals surface area contributed by atoms with Crippen LogP contribution in [-0.4, -0.2) is 56.2 Å². The highest BCUT2D eigenvalue weighted by molar-refractivity contribution is 6.28. The van der Waals surface area contributed by atoms with Gasteiger partial charge in [0, 0.05) is 24.8 Å². The van der Waals surface area contributed by atoms with Crippen LogP contribution in [0.3, 0.4) is 0 Å². The van der Waals surface area contributed by atoms with E-state index in [1.54, 1.807) is 18.2 Å². The van der Waals surface area contributed by atoms with Crippen LogP contribution in [0.1, 0.15) is 44.1 Å². The Morgan fingerprint density at radius 1 is 1.22 bits per heavy atom. The molecule has 1 aromatic carbocycles. The number of aliphatic imine (C=N–C) groups is 1. The molecule has 0 aromatic heterocycles. The third kappa shape index (κ3) is 13.4. The van der Waals surface area contributed by atoms with Gasteiger partial charge in [-0.1, -0.05) is 62.2 Å². The zero-order valence-electron chi connectivity index (χ0n) is 22.6. The molecule has 3 rings (SSSR count). The van der Waals surface area contributed by atoms with Crippen molar-refractivity contribution >= 4 is 12.1 Å². The Kier molecular flexibility index (Phi) is 16.0. The number of hydrogen-bond acceptors (Lipinski definition) is 5. The molecule has 202 valence electrons. The van der Waals surface area contributed by atoms with E-state index in [-0.39, 0.29) is 5.82 Å². The van der Waals surface area contributed by atoms with Crippen LogP contribution >= 0.6 is 0 Å². The summed E-state index contributed by atoms with van der Waals surface area (Å²) < 4.78 is 12.9. The second kappa shape index (κ2) is 18.8. The van der Waals surface area contributed by atoms with E-state index in [0.29, 0.717) is 24.3 Å². The van der Waals surface area contributed by atoms with Crippen molar-refractivity contribution < 1.29 is 4.39 Å². The number of nitrogens with two attached hydrogens (primary N) is 1. The molecule has 1 saturated carbocycles. The first kappa shape index (κ1) is 31.6. The van der Waals surface area contributed by atoms with Crippen LogP contribution in [-0.2, 0) is 0 Å². The Morgan fingerprint density at radius 3 is 2.49 bits per heavy atom. The van der Waals surface area contributed by atoms with Gasteiger partial charge in [-0.15, -0.1) is 6.58 Å². The van der Waals surface area contributed by atoms with Gasteiger partial charge in [0.1, 0.15) is 11.7 Å². The van der Waals surface area contributed by atoms with Crippen molar-refractivity contribution in [3.63, 3.8) is 0 Å². The zero-order valence-corrected chi connectivity index (χ0v) is 22.6. The summed E-state index contributed by atoms with van der Waals surface area (Å²) in [6.45, 7) is 20.3. The molecule has 1 aromatic rings. The summed E-state index contributed by atoms with van der Waals surface area (Å²) >= 11 is 0. The number of likely N-dealkylation sites (tertiary alicyclic amines) is 1. The lowest BCUT2D eigenvalue weighted by molar-refractivity contribution is 0.335. The van der Waals surface area contributed by atoms with Crippen LogP contribution < -0.4 is 16.5 Å². The van der Waals surface area contributed by atoms with E-state index >= 15 is 0 Å². The Labute approximate surface area is 223 Å². The number of benzene rings is 1. The largest absolute Gasteiger partial charge is 0.383 e. The molecule has 0 bridgehead atoms. The summed E-state index contributed by atoms with van der Waals surface area (Å²) in [6, 6.07) is 7.54. The Bertz CT molecular complexity index is 945. The fraction of sp³-hybridized carbons (Fsp3) is 0.400. The summed E-state index contributed by atoms with van der Waals surface area (Å²) in [7, 11) is 2.15. The average molecular weight is 509 g/mol. The SMILES string of the molecule is C=C/C=C(\C=C)CNC(=C)C1CCCN1C.C=CCN=C(N)/C=N\NCC.Fc1ccccc1C1CC1. The van der Waals surface area contributed by atoms with Gasteiger partial charge >= 0.3 is 0 Å². The van der Waals surface area contributed by atoms with E-state index in [1.165, 1.54) is 44.5 Å². The van der Waals surface area contributed by atoms with Crippen molar-refractivity contribution in [1.29, 1.82) is 0 Å². The maximum absolute atomic E-state index is 12.9. The quantitative estimate of drug-likeness (QED) is 0.118. The van der Waals surface area contributed by atoms with E-state index < -0.39 is 0 Å². The smallest absolute Gasteiger partial charge is 0.139 e. The number of hydrazone groups is 1. The van der Waals surface area contributed by atoms with E-state index in [0.717, 1.165) is 29.9 Å². The maximum Gasteiger partial charge on any atom is 0.139 e. The van der Waals surface area contributed by atoms with E-state index in [9.17, 15) is 4.39 Å². The molecular formula is C30H45FN6. The fourth-order valence-electron chi connectivity index (χ4n) is 3.65. The van der Waals surface area contributed by atoms with Crippen LogP contribution in [0.15, 0.2) is 96.2 Å². The molecule has 0 amide bonds. The monoisotopic (exact) mass is 508 g/mol. The highest BCUT2D eigenvalue weighted by Crippen LogP contribution is 2.40. The van der Waals surface area contributed by atoms with Crippen molar-refractivity contribution in [2.24, 2.45) is 15.8 Å². The van der Waals surface area contributed by atoms with Gasteiger partial charge < -0.3 is 16.5 Å². The lowest BCUT2D eigenvalue weighted by atomic mass is 10.1. The first-order valence-electron chi connectivity index (χ1n) is 12.9. The van der Waals surface area contributed by atoms with Gasteiger partial charge in [-0.25, -0.2) is 4.39 Å². The molecule has 1 saturated heterocycles. The predicted molar refractivity (Wildman–Crippen MR) is 159 cm³/mol. The van der Waals surface area contributed by atoms with Crippen molar-refractivity contribution in [1.82, 2.24) is 15.6 Å². The van der Waals surface area contributed by atoms with Crippen molar-refractivity contribution in [2.75, 3.05) is 33.2 Å². The highest BCUT2D eigenvalue weighted by atomic mass is 19.1. The van der Waals surface area contributed by atoms with Gasteiger partial charge in [0.2, 0.25) is 0 Å². The molecule has 7 heteroatoms. The second-order valence-corrected chi connectivity index (χ2v) is 8.82. The molecule has 2 fully saturated rings. The Hall–Kier alpha value is -3.45. The number of allylic oxidation sites excluding steroid dienone is 2. The summed E-state index contributed by atoms with van der Waals surface area (Å²) in [4.78, 5) is 6.25. The van der Waals surface area contributed by atoms with Gasteiger partial charge in [-0.3, -0.25) is 9.89 Å². The lowest BCUT2D eigenvalue weighted by Crippen LogP contribution is -2.33. The normalized spacial score (nSPS) is 17.6. The van der Waals surface area contributed by atoms with Gasteiger partial charge in [0.05, 0.1) is 12.8 Å². The van der Waals surface area contributed by atoms with E-state index in [2.05, 4.69) is 59.1 Å². The first-order chi connectivity index (χ1) is 17.9. The molecule has 1 atom stereocenters. The number of rotatable bonds is 12. The minimum absolute atomic E-state index is 0.0370. The van der Waals surface area contributed by atoms with Crippen molar-refractivity contribution in [3.05, 3.63) is 97.5 Å². The number of halogens is 1. The minimum atomic E-state index is -0.0370. The highest BCUT2D eigenvalue weighted by Gasteiger charge is 2.25. The van der Waals surface area contributed by atoms with Crippen molar-refractivity contribution in [2.45, 2.75) is 44.6 Å². The van der Waals surface area contributed by atoms with Gasteiger partial charge in [-0.05, 0) is 69.3 Å². The standard InChI is InChI=1S/C14H22N2.C9H9F.C7H14N4/c1-5-8-13(6-2)11-15-12(3)14-9-7-10-16(14)4;10-9-4-2-1-3-8(9)7-5-6-7;1-3-5-9-7(8)6-11-10-4-2/h5-6,8,14-15H,1-3,7,9-11H2,4H3;1-4,7H,5-6H2;3,6,10H,1,4-5H2,2H3,(H2,8,9)/b13-8+;;11-6-. The minimum Gasteiger partial charge on any atom is -0.383 e.